The highest BCUT2D eigenvalue weighted by Crippen LogP contribution is 2.42. The Kier molecular flexibility index (Phi) is 3.42. The first-order chi connectivity index (χ1) is 10.8. The molecule has 0 radical (unpaired) electrons. The Hall–Kier alpha value is -2.14. The number of nitrogens with one attached hydrogen (secondary N) is 1. The van der Waals surface area contributed by atoms with Gasteiger partial charge in [0.1, 0.15) is 0 Å². The third-order valence-electron chi connectivity index (χ3n) is 4.41. The van der Waals surface area contributed by atoms with Gasteiger partial charge >= 0.3 is 0 Å². The molecule has 2 aromatic rings. The number of aromatic nitrogens is 2. The maximum absolute atomic E-state index is 12.8. The Morgan fingerprint density at radius 3 is 2.55 bits per heavy atom. The van der Waals surface area contributed by atoms with Crippen LogP contribution in [0.5, 0.6) is 0 Å². The topological polar surface area (TPSA) is 50.2 Å². The lowest BCUT2D eigenvalue weighted by atomic mass is 10.1. The van der Waals surface area contributed by atoms with E-state index >= 15 is 0 Å². The third-order valence-corrected chi connectivity index (χ3v) is 4.41. The van der Waals surface area contributed by atoms with Gasteiger partial charge in [-0.2, -0.15) is 5.10 Å². The van der Waals surface area contributed by atoms with Crippen LogP contribution in [0.25, 0.3) is 5.69 Å². The number of para-hydroxylation sites is 1. The fraction of sp³-hybridized carbons (Fsp3) is 0.412. The van der Waals surface area contributed by atoms with Gasteiger partial charge in [0, 0.05) is 32.1 Å². The zero-order chi connectivity index (χ0) is 14.9. The number of carbonyl (C=O) groups excluding carboxylic acids is 1. The molecule has 1 aliphatic heterocycles. The lowest BCUT2D eigenvalue weighted by Crippen LogP contribution is -2.46. The van der Waals surface area contributed by atoms with Crippen molar-refractivity contribution in [1.29, 1.82) is 0 Å². The normalized spacial score (nSPS) is 18.5. The number of hydrogen-bond donors (Lipinski definition) is 1. The van der Waals surface area contributed by atoms with Crippen molar-refractivity contribution in [2.24, 2.45) is 0 Å². The largest absolute Gasteiger partial charge is 0.336 e. The quantitative estimate of drug-likeness (QED) is 0.939. The number of nitrogens with zero attached hydrogens (tertiary/aromatic N) is 3. The molecule has 0 unspecified atom stereocenters. The maximum atomic E-state index is 12.8. The van der Waals surface area contributed by atoms with E-state index in [1.54, 1.807) is 6.20 Å². The van der Waals surface area contributed by atoms with Crippen LogP contribution in [0.15, 0.2) is 36.5 Å². The summed E-state index contributed by atoms with van der Waals surface area (Å²) < 4.78 is 1.95. The number of rotatable bonds is 3. The highest BCUT2D eigenvalue weighted by molar-refractivity contribution is 5.95. The van der Waals surface area contributed by atoms with Crippen LogP contribution in [0.3, 0.4) is 0 Å². The molecule has 4 rings (SSSR count). The van der Waals surface area contributed by atoms with Gasteiger partial charge in [-0.3, -0.25) is 4.79 Å². The van der Waals surface area contributed by atoms with E-state index in [4.69, 9.17) is 0 Å². The van der Waals surface area contributed by atoms with E-state index in [0.717, 1.165) is 56.0 Å². The summed E-state index contributed by atoms with van der Waals surface area (Å²) in [6.07, 6.45) is 4.06. The van der Waals surface area contributed by atoms with E-state index in [2.05, 4.69) is 10.4 Å². The molecule has 1 amide bonds. The lowest BCUT2D eigenvalue weighted by molar-refractivity contribution is 0.0734. The Morgan fingerprint density at radius 2 is 1.86 bits per heavy atom. The molecule has 0 bridgehead atoms. The van der Waals surface area contributed by atoms with Crippen LogP contribution < -0.4 is 5.32 Å². The molecule has 114 valence electrons. The highest BCUT2D eigenvalue weighted by atomic mass is 16.2. The summed E-state index contributed by atoms with van der Waals surface area (Å²) in [6.45, 7) is 3.30. The molecule has 0 spiro atoms. The first-order valence-corrected chi connectivity index (χ1v) is 7.98. The van der Waals surface area contributed by atoms with Crippen molar-refractivity contribution < 1.29 is 4.79 Å². The van der Waals surface area contributed by atoms with Crippen LogP contribution in [0.4, 0.5) is 0 Å². The molecule has 0 atom stereocenters. The van der Waals surface area contributed by atoms with Gasteiger partial charge in [0.05, 0.1) is 23.1 Å². The van der Waals surface area contributed by atoms with E-state index in [-0.39, 0.29) is 5.91 Å². The second-order valence-electron chi connectivity index (χ2n) is 6.01. The minimum atomic E-state index is 0.130. The average Bonchev–Trinajstić information content (AvgIpc) is 3.34. The van der Waals surface area contributed by atoms with Gasteiger partial charge in [-0.05, 0) is 25.0 Å². The van der Waals surface area contributed by atoms with Gasteiger partial charge in [-0.15, -0.1) is 0 Å². The molecule has 2 aliphatic rings. The molecule has 22 heavy (non-hydrogen) atoms. The molecule has 1 saturated carbocycles. The standard InChI is InChI=1S/C17H20N4O/c22-17(20-10-8-18-9-11-20)15-12-19-21(16(15)13-6-7-13)14-4-2-1-3-5-14/h1-5,12-13,18H,6-11H2. The van der Waals surface area contributed by atoms with E-state index in [1.165, 1.54) is 0 Å². The Balaban J connectivity index is 1.71. The van der Waals surface area contributed by atoms with Crippen molar-refractivity contribution in [2.45, 2.75) is 18.8 Å². The number of benzene rings is 1. The minimum Gasteiger partial charge on any atom is -0.336 e. The van der Waals surface area contributed by atoms with Crippen molar-refractivity contribution in [1.82, 2.24) is 20.0 Å². The fourth-order valence-corrected chi connectivity index (χ4v) is 3.09. The zero-order valence-corrected chi connectivity index (χ0v) is 12.5. The molecule has 2 fully saturated rings. The number of hydrogen-bond acceptors (Lipinski definition) is 3. The zero-order valence-electron chi connectivity index (χ0n) is 12.5. The van der Waals surface area contributed by atoms with Crippen molar-refractivity contribution in [3.8, 4) is 5.69 Å². The van der Waals surface area contributed by atoms with Crippen molar-refractivity contribution >= 4 is 5.91 Å². The second kappa shape index (κ2) is 5.57. The van der Waals surface area contributed by atoms with Crippen LogP contribution in [0.2, 0.25) is 0 Å². The summed E-state index contributed by atoms with van der Waals surface area (Å²) in [7, 11) is 0. The molecule has 1 saturated heterocycles. The fourth-order valence-electron chi connectivity index (χ4n) is 3.09. The Labute approximate surface area is 129 Å². The summed E-state index contributed by atoms with van der Waals surface area (Å²) in [6, 6.07) is 10.1. The van der Waals surface area contributed by atoms with Crippen molar-refractivity contribution in [3.63, 3.8) is 0 Å². The SMILES string of the molecule is O=C(c1cnn(-c2ccccc2)c1C1CC1)N1CCNCC1. The van der Waals surface area contributed by atoms with Crippen molar-refractivity contribution in [2.75, 3.05) is 26.2 Å². The number of piperazine rings is 1. The molecule has 1 aromatic carbocycles. The lowest BCUT2D eigenvalue weighted by Gasteiger charge is -2.27. The molecule has 1 N–H and O–H groups in total. The molecule has 1 aromatic heterocycles. The summed E-state index contributed by atoms with van der Waals surface area (Å²) in [4.78, 5) is 14.8. The molecular weight excluding hydrogens is 276 g/mol. The Morgan fingerprint density at radius 1 is 1.14 bits per heavy atom. The average molecular weight is 296 g/mol. The van der Waals surface area contributed by atoms with Crippen LogP contribution in [0, 0.1) is 0 Å². The van der Waals surface area contributed by atoms with Crippen LogP contribution >= 0.6 is 0 Å². The number of carbonyl (C=O) groups is 1. The molecular formula is C17H20N4O. The summed E-state index contributed by atoms with van der Waals surface area (Å²) in [5, 5.41) is 7.80. The van der Waals surface area contributed by atoms with Gasteiger partial charge in [0.15, 0.2) is 0 Å². The highest BCUT2D eigenvalue weighted by Gasteiger charge is 2.34. The van der Waals surface area contributed by atoms with Gasteiger partial charge < -0.3 is 10.2 Å². The smallest absolute Gasteiger partial charge is 0.257 e. The van der Waals surface area contributed by atoms with Crippen LogP contribution in [-0.2, 0) is 0 Å². The van der Waals surface area contributed by atoms with E-state index in [0.29, 0.717) is 5.92 Å². The molecule has 1 aliphatic carbocycles. The predicted molar refractivity (Wildman–Crippen MR) is 84.3 cm³/mol. The second-order valence-corrected chi connectivity index (χ2v) is 6.01. The molecule has 5 heteroatoms. The van der Waals surface area contributed by atoms with Gasteiger partial charge in [0.25, 0.3) is 5.91 Å². The van der Waals surface area contributed by atoms with Gasteiger partial charge in [-0.1, -0.05) is 18.2 Å². The third kappa shape index (κ3) is 2.41. The number of amides is 1. The predicted octanol–water partition coefficient (Wildman–Crippen LogP) is 1.80. The first-order valence-electron chi connectivity index (χ1n) is 7.98. The summed E-state index contributed by atoms with van der Waals surface area (Å²) in [5.74, 6) is 0.607. The Bertz CT molecular complexity index is 669. The van der Waals surface area contributed by atoms with Gasteiger partial charge in [0.2, 0.25) is 0 Å². The van der Waals surface area contributed by atoms with Crippen molar-refractivity contribution in [3.05, 3.63) is 47.8 Å². The minimum absolute atomic E-state index is 0.130. The summed E-state index contributed by atoms with van der Waals surface area (Å²) >= 11 is 0. The monoisotopic (exact) mass is 296 g/mol. The first kappa shape index (κ1) is 13.5. The van der Waals surface area contributed by atoms with Crippen LogP contribution in [0.1, 0.15) is 34.8 Å². The van der Waals surface area contributed by atoms with E-state index in [1.807, 2.05) is 39.9 Å². The summed E-state index contributed by atoms with van der Waals surface area (Å²) in [5.41, 5.74) is 2.91. The maximum Gasteiger partial charge on any atom is 0.257 e. The van der Waals surface area contributed by atoms with Gasteiger partial charge in [-0.25, -0.2) is 4.68 Å². The molecule has 5 nitrogen and oxygen atoms in total. The van der Waals surface area contributed by atoms with Crippen LogP contribution in [-0.4, -0.2) is 46.8 Å². The van der Waals surface area contributed by atoms with E-state index < -0.39 is 0 Å². The van der Waals surface area contributed by atoms with E-state index in [9.17, 15) is 4.79 Å². The molecule has 2 heterocycles.